The first-order valence-corrected chi connectivity index (χ1v) is 5.71. The van der Waals surface area contributed by atoms with Gasteiger partial charge in [0, 0.05) is 26.1 Å². The van der Waals surface area contributed by atoms with Gasteiger partial charge < -0.3 is 15.4 Å². The fraction of sp³-hybridized carbons (Fsp3) is 0.600. The third kappa shape index (κ3) is 2.83. The van der Waals surface area contributed by atoms with Crippen LogP contribution in [0.25, 0.3) is 0 Å². The van der Waals surface area contributed by atoms with Gasteiger partial charge in [-0.15, -0.1) is 0 Å². The van der Waals surface area contributed by atoms with E-state index in [9.17, 15) is 10.1 Å². The maximum atomic E-state index is 10.9. The normalized spacial score (nSPS) is 18.6. The average Bonchev–Trinajstić information content (AvgIpc) is 2.88. The molecular formula is C10H15N5O3. The van der Waals surface area contributed by atoms with Crippen molar-refractivity contribution in [3.63, 3.8) is 0 Å². The molecule has 8 nitrogen and oxygen atoms in total. The van der Waals surface area contributed by atoms with E-state index in [1.807, 2.05) is 0 Å². The quantitative estimate of drug-likeness (QED) is 0.593. The van der Waals surface area contributed by atoms with E-state index in [0.29, 0.717) is 25.0 Å². The van der Waals surface area contributed by atoms with Crippen molar-refractivity contribution in [3.05, 3.63) is 16.3 Å². The van der Waals surface area contributed by atoms with E-state index in [1.54, 1.807) is 7.05 Å². The molecular weight excluding hydrogens is 238 g/mol. The topological polar surface area (TPSA) is 102 Å². The highest BCUT2D eigenvalue weighted by Gasteiger charge is 2.20. The first-order chi connectivity index (χ1) is 8.70. The van der Waals surface area contributed by atoms with Crippen LogP contribution in [0.4, 0.5) is 17.5 Å². The minimum absolute atomic E-state index is 0.118. The molecule has 0 bridgehead atoms. The third-order valence-electron chi connectivity index (χ3n) is 2.77. The Balaban J connectivity index is 2.10. The van der Waals surface area contributed by atoms with Gasteiger partial charge in [-0.05, 0) is 6.42 Å². The van der Waals surface area contributed by atoms with Gasteiger partial charge in [0.1, 0.15) is 6.20 Å². The highest BCUT2D eigenvalue weighted by Crippen LogP contribution is 2.23. The van der Waals surface area contributed by atoms with Crippen LogP contribution in [0.3, 0.4) is 0 Å². The van der Waals surface area contributed by atoms with Crippen molar-refractivity contribution < 1.29 is 9.66 Å². The summed E-state index contributed by atoms with van der Waals surface area (Å²) in [5.74, 6) is 0.967. The summed E-state index contributed by atoms with van der Waals surface area (Å²) in [7, 11) is 1.66. The molecule has 2 N–H and O–H groups in total. The van der Waals surface area contributed by atoms with E-state index in [0.717, 1.165) is 13.0 Å². The van der Waals surface area contributed by atoms with Crippen molar-refractivity contribution in [3.8, 4) is 0 Å². The fourth-order valence-electron chi connectivity index (χ4n) is 1.74. The summed E-state index contributed by atoms with van der Waals surface area (Å²) < 4.78 is 5.25. The zero-order chi connectivity index (χ0) is 13.0. The Kier molecular flexibility index (Phi) is 3.88. The average molecular weight is 253 g/mol. The largest absolute Gasteiger partial charge is 0.381 e. The molecule has 98 valence electrons. The van der Waals surface area contributed by atoms with Gasteiger partial charge in [-0.2, -0.15) is 4.98 Å². The van der Waals surface area contributed by atoms with Crippen LogP contribution in [0.2, 0.25) is 0 Å². The molecule has 1 aromatic heterocycles. The molecule has 1 aliphatic rings. The molecule has 0 saturated carbocycles. The lowest BCUT2D eigenvalue weighted by Crippen LogP contribution is -2.16. The van der Waals surface area contributed by atoms with E-state index in [1.165, 1.54) is 6.20 Å². The Labute approximate surface area is 104 Å². The Hall–Kier alpha value is -1.96. The SMILES string of the molecule is CNc1ncc([N+](=O)[O-])c(NCC2CCOC2)n1. The van der Waals surface area contributed by atoms with E-state index < -0.39 is 4.92 Å². The number of ether oxygens (including phenoxy) is 1. The van der Waals surface area contributed by atoms with E-state index >= 15 is 0 Å². The standard InChI is InChI=1S/C10H15N5O3/c1-11-10-13-5-8(15(16)17)9(14-10)12-4-7-2-3-18-6-7/h5,7H,2-4,6H2,1H3,(H2,11,12,13,14). The zero-order valence-electron chi connectivity index (χ0n) is 10.0. The number of nitrogens with one attached hydrogen (secondary N) is 2. The van der Waals surface area contributed by atoms with Crippen LogP contribution < -0.4 is 10.6 Å². The molecule has 1 saturated heterocycles. The Bertz CT molecular complexity index is 434. The summed E-state index contributed by atoms with van der Waals surface area (Å²) >= 11 is 0. The van der Waals surface area contributed by atoms with Gasteiger partial charge in [0.05, 0.1) is 11.5 Å². The number of anilines is 2. The van der Waals surface area contributed by atoms with Gasteiger partial charge in [-0.25, -0.2) is 4.98 Å². The third-order valence-corrected chi connectivity index (χ3v) is 2.77. The van der Waals surface area contributed by atoms with Crippen LogP contribution in [0.15, 0.2) is 6.20 Å². The van der Waals surface area contributed by atoms with Crippen molar-refractivity contribution in [1.82, 2.24) is 9.97 Å². The number of hydrogen-bond donors (Lipinski definition) is 2. The van der Waals surface area contributed by atoms with Gasteiger partial charge in [0.25, 0.3) is 0 Å². The van der Waals surface area contributed by atoms with E-state index in [4.69, 9.17) is 4.74 Å². The van der Waals surface area contributed by atoms with Gasteiger partial charge >= 0.3 is 5.69 Å². The lowest BCUT2D eigenvalue weighted by molar-refractivity contribution is -0.384. The van der Waals surface area contributed by atoms with Crippen molar-refractivity contribution in [1.29, 1.82) is 0 Å². The second-order valence-corrected chi connectivity index (χ2v) is 4.05. The number of hydrogen-bond acceptors (Lipinski definition) is 7. The number of aromatic nitrogens is 2. The predicted molar refractivity (Wildman–Crippen MR) is 65.6 cm³/mol. The summed E-state index contributed by atoms with van der Waals surface area (Å²) in [5.41, 5.74) is -0.118. The molecule has 0 radical (unpaired) electrons. The highest BCUT2D eigenvalue weighted by molar-refractivity contribution is 5.56. The molecule has 0 amide bonds. The van der Waals surface area contributed by atoms with Crippen LogP contribution >= 0.6 is 0 Å². The van der Waals surface area contributed by atoms with Gasteiger partial charge in [-0.3, -0.25) is 10.1 Å². The monoisotopic (exact) mass is 253 g/mol. The van der Waals surface area contributed by atoms with E-state index in [-0.39, 0.29) is 11.5 Å². The van der Waals surface area contributed by atoms with Crippen LogP contribution in [0, 0.1) is 16.0 Å². The summed E-state index contributed by atoms with van der Waals surface area (Å²) in [6, 6.07) is 0. The van der Waals surface area contributed by atoms with Crippen LogP contribution in [-0.4, -0.2) is 41.7 Å². The molecule has 1 aromatic rings. The van der Waals surface area contributed by atoms with Crippen molar-refractivity contribution in [2.24, 2.45) is 5.92 Å². The second-order valence-electron chi connectivity index (χ2n) is 4.05. The Morgan fingerprint density at radius 2 is 2.50 bits per heavy atom. The fourth-order valence-corrected chi connectivity index (χ4v) is 1.74. The van der Waals surface area contributed by atoms with Gasteiger partial charge in [0.2, 0.25) is 11.8 Å². The number of rotatable bonds is 5. The maximum Gasteiger partial charge on any atom is 0.329 e. The summed E-state index contributed by atoms with van der Waals surface area (Å²) in [6.07, 6.45) is 2.16. The first kappa shape index (κ1) is 12.5. The molecule has 2 rings (SSSR count). The zero-order valence-corrected chi connectivity index (χ0v) is 10.0. The van der Waals surface area contributed by atoms with Crippen LogP contribution in [0.1, 0.15) is 6.42 Å². The van der Waals surface area contributed by atoms with Gasteiger partial charge in [-0.1, -0.05) is 0 Å². The second kappa shape index (κ2) is 5.58. The van der Waals surface area contributed by atoms with Crippen molar-refractivity contribution >= 4 is 17.5 Å². The lowest BCUT2D eigenvalue weighted by atomic mass is 10.1. The molecule has 1 atom stereocenters. The van der Waals surface area contributed by atoms with Crippen LogP contribution in [-0.2, 0) is 4.74 Å². The molecule has 2 heterocycles. The number of nitro groups is 1. The first-order valence-electron chi connectivity index (χ1n) is 5.71. The molecule has 1 fully saturated rings. The Morgan fingerprint density at radius 1 is 1.67 bits per heavy atom. The predicted octanol–water partition coefficient (Wildman–Crippen LogP) is 0.875. The number of nitrogens with zero attached hydrogens (tertiary/aromatic N) is 3. The minimum atomic E-state index is -0.493. The van der Waals surface area contributed by atoms with Gasteiger partial charge in [0.15, 0.2) is 0 Å². The maximum absolute atomic E-state index is 10.9. The van der Waals surface area contributed by atoms with Crippen LogP contribution in [0.5, 0.6) is 0 Å². The lowest BCUT2D eigenvalue weighted by Gasteiger charge is -2.10. The molecule has 0 aliphatic carbocycles. The van der Waals surface area contributed by atoms with Crippen molar-refractivity contribution in [2.45, 2.75) is 6.42 Å². The summed E-state index contributed by atoms with van der Waals surface area (Å²) in [5, 5.41) is 16.6. The highest BCUT2D eigenvalue weighted by atomic mass is 16.6. The summed E-state index contributed by atoms with van der Waals surface area (Å²) in [6.45, 7) is 2.05. The molecule has 8 heteroatoms. The van der Waals surface area contributed by atoms with Crippen molar-refractivity contribution in [2.75, 3.05) is 37.4 Å². The molecule has 0 aromatic carbocycles. The molecule has 0 spiro atoms. The van der Waals surface area contributed by atoms with E-state index in [2.05, 4.69) is 20.6 Å². The minimum Gasteiger partial charge on any atom is -0.381 e. The molecule has 18 heavy (non-hydrogen) atoms. The molecule has 1 aliphatic heterocycles. The smallest absolute Gasteiger partial charge is 0.329 e. The summed E-state index contributed by atoms with van der Waals surface area (Å²) in [4.78, 5) is 18.3. The molecule has 1 unspecified atom stereocenters. The Morgan fingerprint density at radius 3 is 3.11 bits per heavy atom.